The summed E-state index contributed by atoms with van der Waals surface area (Å²) in [6.07, 6.45) is 2.39. The average molecular weight is 266 g/mol. The number of hydrogen-bond donors (Lipinski definition) is 2. The molecule has 1 aromatic rings. The Morgan fingerprint density at radius 1 is 1.37 bits per heavy atom. The predicted molar refractivity (Wildman–Crippen MR) is 74.6 cm³/mol. The lowest BCUT2D eigenvalue weighted by Gasteiger charge is -2.38. The molecule has 0 aliphatic carbocycles. The second kappa shape index (κ2) is 5.88. The molecule has 1 fully saturated rings. The van der Waals surface area contributed by atoms with Gasteiger partial charge in [0, 0.05) is 13.1 Å². The predicted octanol–water partition coefficient (Wildman–Crippen LogP) is 2.35. The van der Waals surface area contributed by atoms with E-state index in [4.69, 9.17) is 5.11 Å². The van der Waals surface area contributed by atoms with Gasteiger partial charge in [-0.25, -0.2) is 4.39 Å². The van der Waals surface area contributed by atoms with Crippen LogP contribution in [0.4, 0.5) is 4.39 Å². The maximum Gasteiger partial charge on any atom is 0.165 e. The summed E-state index contributed by atoms with van der Waals surface area (Å²) in [7, 11) is 2.16. The molecule has 1 aliphatic heterocycles. The van der Waals surface area contributed by atoms with Gasteiger partial charge in [0.25, 0.3) is 0 Å². The molecule has 0 radical (unpaired) electrons. The highest BCUT2D eigenvalue weighted by molar-refractivity contribution is 5.27. The zero-order valence-electron chi connectivity index (χ0n) is 11.7. The maximum atomic E-state index is 13.2. The molecule has 1 saturated heterocycles. The summed E-state index contributed by atoms with van der Waals surface area (Å²) < 4.78 is 13.2. The Labute approximate surface area is 114 Å². The van der Waals surface area contributed by atoms with Crippen LogP contribution in [0.25, 0.3) is 0 Å². The maximum absolute atomic E-state index is 13.2. The molecule has 0 amide bonds. The summed E-state index contributed by atoms with van der Waals surface area (Å²) in [6.45, 7) is 6.19. The van der Waals surface area contributed by atoms with Gasteiger partial charge in [0.15, 0.2) is 11.6 Å². The van der Waals surface area contributed by atoms with Gasteiger partial charge in [-0.15, -0.1) is 0 Å². The van der Waals surface area contributed by atoms with Crippen LogP contribution in [0.5, 0.6) is 5.75 Å². The van der Waals surface area contributed by atoms with E-state index in [1.807, 2.05) is 0 Å². The van der Waals surface area contributed by atoms with Crippen molar-refractivity contribution in [2.45, 2.75) is 26.3 Å². The van der Waals surface area contributed by atoms with Gasteiger partial charge in [0.2, 0.25) is 0 Å². The largest absolute Gasteiger partial charge is 0.505 e. The topological polar surface area (TPSA) is 35.5 Å². The molecule has 0 bridgehead atoms. The first-order valence-corrected chi connectivity index (χ1v) is 6.85. The third-order valence-corrected chi connectivity index (χ3v) is 4.09. The quantitative estimate of drug-likeness (QED) is 0.878. The van der Waals surface area contributed by atoms with Crippen molar-refractivity contribution in [1.82, 2.24) is 10.2 Å². The molecule has 1 heterocycles. The summed E-state index contributed by atoms with van der Waals surface area (Å²) in [6, 6.07) is 4.55. The Bertz CT molecular complexity index is 428. The van der Waals surface area contributed by atoms with E-state index in [0.717, 1.165) is 25.2 Å². The number of hydrogen-bond acceptors (Lipinski definition) is 3. The molecule has 0 atom stereocenters. The highest BCUT2D eigenvalue weighted by Gasteiger charge is 2.28. The van der Waals surface area contributed by atoms with Crippen molar-refractivity contribution in [2.24, 2.45) is 5.41 Å². The molecule has 0 aromatic heterocycles. The van der Waals surface area contributed by atoms with Crippen molar-refractivity contribution in [3.63, 3.8) is 0 Å². The number of nitrogens with zero attached hydrogens (tertiary/aromatic N) is 1. The number of rotatable bonds is 4. The molecule has 1 aliphatic rings. The lowest BCUT2D eigenvalue weighted by molar-refractivity contribution is 0.137. The minimum atomic E-state index is -0.551. The number of halogens is 1. The fraction of sp³-hybridized carbons (Fsp3) is 0.600. The standard InChI is InChI=1S/C15H23FN2O/c1-15(5-7-18(2)8-6-15)11-17-10-12-3-4-14(19)13(16)9-12/h3-4,9,17,19H,5-8,10-11H2,1-2H3. The highest BCUT2D eigenvalue weighted by Crippen LogP contribution is 2.29. The van der Waals surface area contributed by atoms with Crippen LogP contribution in [0.15, 0.2) is 18.2 Å². The smallest absolute Gasteiger partial charge is 0.165 e. The number of benzene rings is 1. The van der Waals surface area contributed by atoms with E-state index < -0.39 is 5.82 Å². The van der Waals surface area contributed by atoms with Gasteiger partial charge in [0.1, 0.15) is 0 Å². The van der Waals surface area contributed by atoms with E-state index >= 15 is 0 Å². The third kappa shape index (κ3) is 3.91. The van der Waals surface area contributed by atoms with Crippen LogP contribution >= 0.6 is 0 Å². The molecule has 106 valence electrons. The fourth-order valence-corrected chi connectivity index (χ4v) is 2.50. The van der Waals surface area contributed by atoms with E-state index in [1.54, 1.807) is 6.07 Å². The van der Waals surface area contributed by atoms with Crippen LogP contribution in [-0.2, 0) is 6.54 Å². The summed E-state index contributed by atoms with van der Waals surface area (Å²) in [5.74, 6) is -0.837. The number of likely N-dealkylation sites (tertiary alicyclic amines) is 1. The van der Waals surface area contributed by atoms with Gasteiger partial charge in [0.05, 0.1) is 0 Å². The molecule has 2 N–H and O–H groups in total. The Balaban J connectivity index is 1.81. The fourth-order valence-electron chi connectivity index (χ4n) is 2.50. The first-order chi connectivity index (χ1) is 8.98. The van der Waals surface area contributed by atoms with Crippen LogP contribution in [-0.4, -0.2) is 36.7 Å². The molecule has 19 heavy (non-hydrogen) atoms. The third-order valence-electron chi connectivity index (χ3n) is 4.09. The molecule has 2 rings (SSSR count). The number of aromatic hydroxyl groups is 1. The second-order valence-electron chi connectivity index (χ2n) is 6.00. The van der Waals surface area contributed by atoms with E-state index in [2.05, 4.69) is 24.2 Å². The van der Waals surface area contributed by atoms with E-state index in [0.29, 0.717) is 12.0 Å². The Hall–Kier alpha value is -1.13. The van der Waals surface area contributed by atoms with Gasteiger partial charge in [-0.3, -0.25) is 0 Å². The molecule has 4 heteroatoms. The van der Waals surface area contributed by atoms with Gasteiger partial charge in [-0.2, -0.15) is 0 Å². The SMILES string of the molecule is CN1CCC(C)(CNCc2ccc(O)c(F)c2)CC1. The average Bonchev–Trinajstić information content (AvgIpc) is 2.38. The normalized spacial score (nSPS) is 19.5. The van der Waals surface area contributed by atoms with Crippen molar-refractivity contribution < 1.29 is 9.50 Å². The molecule has 3 nitrogen and oxygen atoms in total. The van der Waals surface area contributed by atoms with E-state index in [9.17, 15) is 4.39 Å². The minimum Gasteiger partial charge on any atom is -0.505 e. The summed E-state index contributed by atoms with van der Waals surface area (Å²) in [5.41, 5.74) is 1.20. The molecule has 0 saturated carbocycles. The zero-order chi connectivity index (χ0) is 13.9. The van der Waals surface area contributed by atoms with Gasteiger partial charge >= 0.3 is 0 Å². The van der Waals surface area contributed by atoms with Gasteiger partial charge in [-0.1, -0.05) is 13.0 Å². The molecule has 0 spiro atoms. The lowest BCUT2D eigenvalue weighted by Crippen LogP contribution is -2.41. The molecular formula is C15H23FN2O. The minimum absolute atomic E-state index is 0.286. The second-order valence-corrected chi connectivity index (χ2v) is 6.00. The number of phenolic OH excluding ortho intramolecular Hbond substituents is 1. The zero-order valence-corrected chi connectivity index (χ0v) is 11.7. The van der Waals surface area contributed by atoms with Gasteiger partial charge < -0.3 is 15.3 Å². The van der Waals surface area contributed by atoms with Crippen LogP contribution < -0.4 is 5.32 Å². The molecule has 1 aromatic carbocycles. The Morgan fingerprint density at radius 3 is 2.68 bits per heavy atom. The lowest BCUT2D eigenvalue weighted by atomic mass is 9.80. The summed E-state index contributed by atoms with van der Waals surface area (Å²) >= 11 is 0. The molecular weight excluding hydrogens is 243 g/mol. The van der Waals surface area contributed by atoms with Crippen molar-refractivity contribution in [3.8, 4) is 5.75 Å². The van der Waals surface area contributed by atoms with Crippen LogP contribution in [0.2, 0.25) is 0 Å². The number of nitrogens with one attached hydrogen (secondary N) is 1. The Kier molecular flexibility index (Phi) is 4.42. The van der Waals surface area contributed by atoms with Crippen molar-refractivity contribution >= 4 is 0 Å². The summed E-state index contributed by atoms with van der Waals surface area (Å²) in [5, 5.41) is 12.5. The molecule has 0 unspecified atom stereocenters. The van der Waals surface area contributed by atoms with Crippen LogP contribution in [0.3, 0.4) is 0 Å². The first-order valence-electron chi connectivity index (χ1n) is 6.85. The van der Waals surface area contributed by atoms with Crippen molar-refractivity contribution in [2.75, 3.05) is 26.7 Å². The monoisotopic (exact) mass is 266 g/mol. The van der Waals surface area contributed by atoms with E-state index in [-0.39, 0.29) is 5.75 Å². The Morgan fingerprint density at radius 2 is 2.05 bits per heavy atom. The summed E-state index contributed by atoms with van der Waals surface area (Å²) in [4.78, 5) is 2.36. The number of piperidine rings is 1. The van der Waals surface area contributed by atoms with Crippen molar-refractivity contribution in [1.29, 1.82) is 0 Å². The number of phenols is 1. The van der Waals surface area contributed by atoms with Crippen LogP contribution in [0.1, 0.15) is 25.3 Å². The van der Waals surface area contributed by atoms with Gasteiger partial charge in [-0.05, 0) is 56.1 Å². The highest BCUT2D eigenvalue weighted by atomic mass is 19.1. The first kappa shape index (κ1) is 14.3. The van der Waals surface area contributed by atoms with Crippen molar-refractivity contribution in [3.05, 3.63) is 29.6 Å². The van der Waals surface area contributed by atoms with E-state index in [1.165, 1.54) is 25.0 Å². The van der Waals surface area contributed by atoms with Crippen LogP contribution in [0, 0.1) is 11.2 Å².